The lowest BCUT2D eigenvalue weighted by molar-refractivity contribution is -0.137. The molecule has 2 rings (SSSR count). The van der Waals surface area contributed by atoms with Crippen molar-refractivity contribution in [2.75, 3.05) is 0 Å². The Balaban J connectivity index is 2.61. The smallest absolute Gasteiger partial charge is 0.254 e. The molecular formula is C11H11NO2. The van der Waals surface area contributed by atoms with Crippen LogP contribution in [0.15, 0.2) is 30.3 Å². The van der Waals surface area contributed by atoms with Crippen LogP contribution in [-0.4, -0.2) is 11.0 Å². The van der Waals surface area contributed by atoms with E-state index in [1.54, 1.807) is 18.2 Å². The first-order chi connectivity index (χ1) is 6.64. The monoisotopic (exact) mass is 189 g/mol. The molecule has 0 heterocycles. The molecule has 1 unspecified atom stereocenters. The molecule has 72 valence electrons. The van der Waals surface area contributed by atoms with Gasteiger partial charge in [-0.15, -0.1) is 0 Å². The highest BCUT2D eigenvalue weighted by Crippen LogP contribution is 2.32. The van der Waals surface area contributed by atoms with Gasteiger partial charge in [-0.1, -0.05) is 36.4 Å². The van der Waals surface area contributed by atoms with E-state index in [-0.39, 0.29) is 6.42 Å². The van der Waals surface area contributed by atoms with E-state index in [9.17, 15) is 9.90 Å². The van der Waals surface area contributed by atoms with Crippen LogP contribution in [0.3, 0.4) is 0 Å². The summed E-state index contributed by atoms with van der Waals surface area (Å²) in [6, 6.07) is 7.21. The maximum absolute atomic E-state index is 11.2. The summed E-state index contributed by atoms with van der Waals surface area (Å²) in [6.45, 7) is 0. The van der Waals surface area contributed by atoms with Gasteiger partial charge in [-0.3, -0.25) is 4.79 Å². The number of nitrogens with two attached hydrogens (primary N) is 1. The molecule has 0 aliphatic heterocycles. The van der Waals surface area contributed by atoms with Crippen molar-refractivity contribution in [3.8, 4) is 0 Å². The van der Waals surface area contributed by atoms with Crippen LogP contribution >= 0.6 is 0 Å². The van der Waals surface area contributed by atoms with E-state index in [1.165, 1.54) is 0 Å². The number of fused-ring (bicyclic) bond motifs is 1. The average molecular weight is 189 g/mol. The minimum absolute atomic E-state index is 0.249. The van der Waals surface area contributed by atoms with Gasteiger partial charge in [-0.2, -0.15) is 0 Å². The predicted molar refractivity (Wildman–Crippen MR) is 53.2 cm³/mol. The highest BCUT2D eigenvalue weighted by atomic mass is 16.3. The molecule has 0 fully saturated rings. The third kappa shape index (κ3) is 1.14. The summed E-state index contributed by atoms with van der Waals surface area (Å²) in [6.07, 6.45) is 3.89. The third-order valence-electron chi connectivity index (χ3n) is 2.52. The number of aliphatic hydroxyl groups is 1. The van der Waals surface area contributed by atoms with Crippen molar-refractivity contribution >= 4 is 12.0 Å². The minimum Gasteiger partial charge on any atom is -0.375 e. The quantitative estimate of drug-likeness (QED) is 0.685. The second-order valence-electron chi connectivity index (χ2n) is 3.42. The number of amides is 1. The van der Waals surface area contributed by atoms with Crippen LogP contribution in [0, 0.1) is 0 Å². The van der Waals surface area contributed by atoms with Crippen LogP contribution in [-0.2, 0) is 10.4 Å². The van der Waals surface area contributed by atoms with Crippen LogP contribution in [0.1, 0.15) is 17.5 Å². The molecular weight excluding hydrogens is 178 g/mol. The van der Waals surface area contributed by atoms with Gasteiger partial charge in [0, 0.05) is 12.0 Å². The van der Waals surface area contributed by atoms with Gasteiger partial charge < -0.3 is 10.8 Å². The summed E-state index contributed by atoms with van der Waals surface area (Å²) in [7, 11) is 0. The molecule has 0 saturated carbocycles. The molecule has 0 bridgehead atoms. The van der Waals surface area contributed by atoms with Gasteiger partial charge >= 0.3 is 0 Å². The molecule has 1 amide bonds. The van der Waals surface area contributed by atoms with Gasteiger partial charge in [-0.25, -0.2) is 0 Å². The summed E-state index contributed by atoms with van der Waals surface area (Å²) in [4.78, 5) is 11.2. The molecule has 3 N–H and O–H groups in total. The highest BCUT2D eigenvalue weighted by Gasteiger charge is 2.37. The second kappa shape index (κ2) is 2.96. The Labute approximate surface area is 81.9 Å². The lowest BCUT2D eigenvalue weighted by Gasteiger charge is -2.28. The van der Waals surface area contributed by atoms with Crippen molar-refractivity contribution in [1.82, 2.24) is 0 Å². The molecule has 0 saturated heterocycles. The molecule has 1 aromatic rings. The van der Waals surface area contributed by atoms with Crippen LogP contribution in [0.5, 0.6) is 0 Å². The van der Waals surface area contributed by atoms with E-state index in [1.807, 2.05) is 18.2 Å². The lowest BCUT2D eigenvalue weighted by Crippen LogP contribution is -2.42. The number of carbonyl (C=O) groups excluding carboxylic acids is 1. The van der Waals surface area contributed by atoms with Crippen molar-refractivity contribution in [2.24, 2.45) is 5.73 Å². The average Bonchev–Trinajstić information content (AvgIpc) is 2.18. The zero-order chi connectivity index (χ0) is 10.2. The molecule has 1 aliphatic carbocycles. The first-order valence-corrected chi connectivity index (χ1v) is 4.43. The molecule has 3 heteroatoms. The van der Waals surface area contributed by atoms with Gasteiger partial charge in [0.25, 0.3) is 5.91 Å². The van der Waals surface area contributed by atoms with Crippen LogP contribution in [0.2, 0.25) is 0 Å². The first-order valence-electron chi connectivity index (χ1n) is 4.43. The number of carbonyl (C=O) groups is 1. The zero-order valence-electron chi connectivity index (χ0n) is 7.60. The second-order valence-corrected chi connectivity index (χ2v) is 3.42. The maximum atomic E-state index is 11.2. The van der Waals surface area contributed by atoms with Gasteiger partial charge in [0.1, 0.15) is 0 Å². The number of benzene rings is 1. The van der Waals surface area contributed by atoms with Crippen molar-refractivity contribution in [3.63, 3.8) is 0 Å². The van der Waals surface area contributed by atoms with Crippen molar-refractivity contribution in [2.45, 2.75) is 12.0 Å². The number of hydrogen-bond acceptors (Lipinski definition) is 2. The Morgan fingerprint density at radius 2 is 2.14 bits per heavy atom. The summed E-state index contributed by atoms with van der Waals surface area (Å²) >= 11 is 0. The fraction of sp³-hybridized carbons (Fsp3) is 0.182. The molecule has 1 aliphatic rings. The molecule has 14 heavy (non-hydrogen) atoms. The Kier molecular flexibility index (Phi) is 1.89. The van der Waals surface area contributed by atoms with Gasteiger partial charge in [-0.05, 0) is 5.56 Å². The van der Waals surface area contributed by atoms with Gasteiger partial charge in [0.2, 0.25) is 0 Å². The normalized spacial score (nSPS) is 24.4. The van der Waals surface area contributed by atoms with E-state index in [4.69, 9.17) is 5.73 Å². The summed E-state index contributed by atoms with van der Waals surface area (Å²) < 4.78 is 0. The topological polar surface area (TPSA) is 63.3 Å². The fourth-order valence-electron chi connectivity index (χ4n) is 1.72. The zero-order valence-corrected chi connectivity index (χ0v) is 7.60. The minimum atomic E-state index is -1.54. The third-order valence-corrected chi connectivity index (χ3v) is 2.52. The van der Waals surface area contributed by atoms with E-state index in [0.29, 0.717) is 5.56 Å². The van der Waals surface area contributed by atoms with E-state index >= 15 is 0 Å². The van der Waals surface area contributed by atoms with Crippen LogP contribution in [0.25, 0.3) is 6.08 Å². The predicted octanol–water partition coefficient (Wildman–Crippen LogP) is 0.776. The standard InChI is InChI=1S/C11H11NO2/c12-10(13)11(14)7-3-5-8-4-1-2-6-9(8)11/h1-6,14H,7H2,(H2,12,13). The maximum Gasteiger partial charge on any atom is 0.254 e. The summed E-state index contributed by atoms with van der Waals surface area (Å²) in [5.41, 5.74) is 5.10. The molecule has 0 aromatic heterocycles. The largest absolute Gasteiger partial charge is 0.375 e. The SMILES string of the molecule is NC(=O)C1(O)CC=Cc2ccccc21. The molecule has 3 nitrogen and oxygen atoms in total. The Morgan fingerprint density at radius 3 is 2.86 bits per heavy atom. The molecule has 0 spiro atoms. The number of rotatable bonds is 1. The first kappa shape index (κ1) is 8.97. The van der Waals surface area contributed by atoms with Gasteiger partial charge in [0.15, 0.2) is 5.60 Å². The fourth-order valence-corrected chi connectivity index (χ4v) is 1.72. The van der Waals surface area contributed by atoms with E-state index in [2.05, 4.69) is 0 Å². The lowest BCUT2D eigenvalue weighted by atomic mass is 9.82. The number of hydrogen-bond donors (Lipinski definition) is 2. The molecule has 1 atom stereocenters. The van der Waals surface area contributed by atoms with Crippen LogP contribution in [0.4, 0.5) is 0 Å². The van der Waals surface area contributed by atoms with Crippen molar-refractivity contribution in [3.05, 3.63) is 41.5 Å². The summed E-state index contributed by atoms with van der Waals surface area (Å²) in [5.74, 6) is -0.700. The van der Waals surface area contributed by atoms with E-state index < -0.39 is 11.5 Å². The van der Waals surface area contributed by atoms with Crippen molar-refractivity contribution < 1.29 is 9.90 Å². The van der Waals surface area contributed by atoms with E-state index in [0.717, 1.165) is 5.56 Å². The Bertz CT molecular complexity index is 412. The van der Waals surface area contributed by atoms with Gasteiger partial charge in [0.05, 0.1) is 0 Å². The Hall–Kier alpha value is -1.61. The highest BCUT2D eigenvalue weighted by molar-refractivity contribution is 5.87. The van der Waals surface area contributed by atoms with Crippen LogP contribution < -0.4 is 5.73 Å². The molecule has 1 aromatic carbocycles. The Morgan fingerprint density at radius 1 is 1.43 bits per heavy atom. The molecule has 0 radical (unpaired) electrons. The summed E-state index contributed by atoms with van der Waals surface area (Å²) in [5, 5.41) is 10.1. The van der Waals surface area contributed by atoms with Crippen molar-refractivity contribution in [1.29, 1.82) is 0 Å². The number of primary amides is 1.